The van der Waals surface area contributed by atoms with Crippen molar-refractivity contribution >= 4 is 18.0 Å². The van der Waals surface area contributed by atoms with Crippen LogP contribution < -0.4 is 5.32 Å². The van der Waals surface area contributed by atoms with Gasteiger partial charge in [-0.3, -0.25) is 9.59 Å². The maximum atomic E-state index is 12.8. The highest BCUT2D eigenvalue weighted by Crippen LogP contribution is 2.34. The van der Waals surface area contributed by atoms with Gasteiger partial charge < -0.3 is 19.7 Å². The number of amides is 2. The molecule has 0 aromatic heterocycles. The van der Waals surface area contributed by atoms with Crippen molar-refractivity contribution in [1.82, 2.24) is 10.2 Å². The Bertz CT molecular complexity index is 566. The van der Waals surface area contributed by atoms with Crippen LogP contribution in [0.1, 0.15) is 68.2 Å². The first-order valence-electron chi connectivity index (χ1n) is 10.2. The lowest BCUT2D eigenvalue weighted by atomic mass is 9.74. The van der Waals surface area contributed by atoms with Crippen molar-refractivity contribution in [2.45, 2.75) is 79.9 Å². The van der Waals surface area contributed by atoms with Crippen molar-refractivity contribution < 1.29 is 23.9 Å². The molecular weight excluding hydrogens is 360 g/mol. The van der Waals surface area contributed by atoms with Crippen LogP contribution in [0, 0.1) is 17.3 Å². The third-order valence-electron chi connectivity index (χ3n) is 5.00. The van der Waals surface area contributed by atoms with E-state index in [1.54, 1.807) is 25.7 Å². The van der Waals surface area contributed by atoms with Gasteiger partial charge in [0, 0.05) is 25.0 Å². The first-order valence-corrected chi connectivity index (χ1v) is 10.2. The van der Waals surface area contributed by atoms with E-state index in [4.69, 9.17) is 9.47 Å². The third kappa shape index (κ3) is 7.32. The Balaban J connectivity index is 2.65. The molecule has 7 heteroatoms. The molecule has 1 heterocycles. The number of likely N-dealkylation sites (tertiary alicyclic amines) is 1. The predicted octanol–water partition coefficient (Wildman–Crippen LogP) is 3.36. The van der Waals surface area contributed by atoms with Gasteiger partial charge in [0.05, 0.1) is 12.0 Å². The Morgan fingerprint density at radius 1 is 1.11 bits per heavy atom. The van der Waals surface area contributed by atoms with Crippen molar-refractivity contribution in [3.05, 3.63) is 0 Å². The summed E-state index contributed by atoms with van der Waals surface area (Å²) in [6, 6.07) is 0. The minimum atomic E-state index is -0.664. The van der Waals surface area contributed by atoms with E-state index < -0.39 is 16.9 Å². The Hall–Kier alpha value is -1.79. The molecule has 7 nitrogen and oxygen atoms in total. The zero-order valence-corrected chi connectivity index (χ0v) is 18.8. The van der Waals surface area contributed by atoms with E-state index >= 15 is 0 Å². The molecule has 0 saturated carbocycles. The Kier molecular flexibility index (Phi) is 8.32. The molecular formula is C21H38N2O5. The van der Waals surface area contributed by atoms with Crippen LogP contribution in [0.4, 0.5) is 4.79 Å². The maximum absolute atomic E-state index is 12.8. The standard InChI is InChI=1S/C21H38N2O5/c1-14(2)27-17(24)15(3)12-22-18(25)21(7,8)16-10-9-11-23(13-16)19(26)28-20(4,5)6/h14-16H,9-13H2,1-8H3,(H,22,25)/t15-,16+/m1/s1. The number of piperidine rings is 1. The van der Waals surface area contributed by atoms with Gasteiger partial charge in [0.25, 0.3) is 0 Å². The summed E-state index contributed by atoms with van der Waals surface area (Å²) in [5.41, 5.74) is -1.21. The number of hydrogen-bond donors (Lipinski definition) is 1. The average molecular weight is 399 g/mol. The first kappa shape index (κ1) is 24.2. The fourth-order valence-electron chi connectivity index (χ4n) is 3.15. The summed E-state index contributed by atoms with van der Waals surface area (Å²) in [6.45, 7) is 16.0. The molecule has 2 atom stereocenters. The van der Waals surface area contributed by atoms with E-state index in [2.05, 4.69) is 5.32 Å². The third-order valence-corrected chi connectivity index (χ3v) is 5.00. The van der Waals surface area contributed by atoms with E-state index in [1.807, 2.05) is 34.6 Å². The van der Waals surface area contributed by atoms with Crippen LogP contribution >= 0.6 is 0 Å². The molecule has 1 aliphatic heterocycles. The second-order valence-electron chi connectivity index (χ2n) is 9.58. The van der Waals surface area contributed by atoms with Crippen LogP contribution in [0.3, 0.4) is 0 Å². The fourth-order valence-corrected chi connectivity index (χ4v) is 3.15. The number of carbonyl (C=O) groups excluding carboxylic acids is 3. The molecule has 1 N–H and O–H groups in total. The van der Waals surface area contributed by atoms with Crippen LogP contribution in [0.25, 0.3) is 0 Å². The monoisotopic (exact) mass is 398 g/mol. The summed E-state index contributed by atoms with van der Waals surface area (Å²) in [6.07, 6.45) is 1.18. The predicted molar refractivity (Wildman–Crippen MR) is 108 cm³/mol. The molecule has 162 valence electrons. The van der Waals surface area contributed by atoms with Crippen LogP contribution in [0.15, 0.2) is 0 Å². The van der Waals surface area contributed by atoms with E-state index in [0.717, 1.165) is 12.8 Å². The Morgan fingerprint density at radius 3 is 2.25 bits per heavy atom. The van der Waals surface area contributed by atoms with Crippen LogP contribution in [0.5, 0.6) is 0 Å². The summed E-state index contributed by atoms with van der Waals surface area (Å²) < 4.78 is 10.6. The zero-order valence-electron chi connectivity index (χ0n) is 18.8. The minimum absolute atomic E-state index is 0.0201. The van der Waals surface area contributed by atoms with E-state index in [0.29, 0.717) is 13.1 Å². The number of carbonyl (C=O) groups is 3. The van der Waals surface area contributed by atoms with Gasteiger partial charge in [-0.15, -0.1) is 0 Å². The lowest BCUT2D eigenvalue weighted by molar-refractivity contribution is -0.151. The van der Waals surface area contributed by atoms with Gasteiger partial charge in [-0.05, 0) is 53.4 Å². The summed E-state index contributed by atoms with van der Waals surface area (Å²) in [4.78, 5) is 38.8. The Labute approximate surface area is 169 Å². The highest BCUT2D eigenvalue weighted by molar-refractivity contribution is 5.83. The first-order chi connectivity index (χ1) is 12.7. The molecule has 0 unspecified atom stereocenters. The van der Waals surface area contributed by atoms with Gasteiger partial charge in [0.15, 0.2) is 0 Å². The number of nitrogens with zero attached hydrogens (tertiary/aromatic N) is 1. The molecule has 0 aliphatic carbocycles. The summed E-state index contributed by atoms with van der Waals surface area (Å²) >= 11 is 0. The zero-order chi connectivity index (χ0) is 21.7. The summed E-state index contributed by atoms with van der Waals surface area (Å²) in [7, 11) is 0. The molecule has 0 aromatic carbocycles. The van der Waals surface area contributed by atoms with Gasteiger partial charge in [-0.25, -0.2) is 4.79 Å². The topological polar surface area (TPSA) is 84.9 Å². The average Bonchev–Trinajstić information content (AvgIpc) is 2.57. The smallest absolute Gasteiger partial charge is 0.410 e. The molecule has 1 saturated heterocycles. The summed E-state index contributed by atoms with van der Waals surface area (Å²) in [5, 5.41) is 2.88. The molecule has 1 rings (SSSR count). The maximum Gasteiger partial charge on any atom is 0.410 e. The van der Waals surface area contributed by atoms with Crippen LogP contribution in [0.2, 0.25) is 0 Å². The number of hydrogen-bond acceptors (Lipinski definition) is 5. The number of rotatable bonds is 6. The number of esters is 1. The molecule has 1 aliphatic rings. The van der Waals surface area contributed by atoms with Crippen molar-refractivity contribution in [1.29, 1.82) is 0 Å². The highest BCUT2D eigenvalue weighted by atomic mass is 16.6. The van der Waals surface area contributed by atoms with Crippen LogP contribution in [-0.4, -0.2) is 54.2 Å². The molecule has 1 fully saturated rings. The minimum Gasteiger partial charge on any atom is -0.463 e. The molecule has 0 radical (unpaired) electrons. The normalized spacial score (nSPS) is 19.2. The van der Waals surface area contributed by atoms with Gasteiger partial charge in [0.1, 0.15) is 5.60 Å². The van der Waals surface area contributed by atoms with Gasteiger partial charge in [-0.1, -0.05) is 20.8 Å². The SMILES string of the molecule is CC(C)OC(=O)[C@H](C)CNC(=O)C(C)(C)[C@H]1CCCN(C(=O)OC(C)(C)C)C1. The molecule has 0 spiro atoms. The van der Waals surface area contributed by atoms with Gasteiger partial charge in [0.2, 0.25) is 5.91 Å². The van der Waals surface area contributed by atoms with E-state index in [-0.39, 0.29) is 36.5 Å². The van der Waals surface area contributed by atoms with Crippen LogP contribution in [-0.2, 0) is 19.1 Å². The molecule has 28 heavy (non-hydrogen) atoms. The quantitative estimate of drug-likeness (QED) is 0.694. The Morgan fingerprint density at radius 2 is 1.71 bits per heavy atom. The van der Waals surface area contributed by atoms with Gasteiger partial charge >= 0.3 is 12.1 Å². The largest absolute Gasteiger partial charge is 0.463 e. The number of ether oxygens (including phenoxy) is 2. The second-order valence-corrected chi connectivity index (χ2v) is 9.58. The van der Waals surface area contributed by atoms with Gasteiger partial charge in [-0.2, -0.15) is 0 Å². The highest BCUT2D eigenvalue weighted by Gasteiger charge is 2.40. The van der Waals surface area contributed by atoms with Crippen molar-refractivity contribution in [2.24, 2.45) is 17.3 Å². The lowest BCUT2D eigenvalue weighted by Crippen LogP contribution is -2.51. The van der Waals surface area contributed by atoms with Crippen molar-refractivity contribution in [2.75, 3.05) is 19.6 Å². The summed E-state index contributed by atoms with van der Waals surface area (Å²) in [5.74, 6) is -0.826. The second kappa shape index (κ2) is 9.61. The van der Waals surface area contributed by atoms with Crippen molar-refractivity contribution in [3.8, 4) is 0 Å². The number of nitrogens with one attached hydrogen (secondary N) is 1. The molecule has 2 amide bonds. The lowest BCUT2D eigenvalue weighted by Gasteiger charge is -2.40. The fraction of sp³-hybridized carbons (Fsp3) is 0.857. The molecule has 0 bridgehead atoms. The molecule has 0 aromatic rings. The van der Waals surface area contributed by atoms with E-state index in [1.165, 1.54) is 0 Å². The van der Waals surface area contributed by atoms with E-state index in [9.17, 15) is 14.4 Å². The van der Waals surface area contributed by atoms with Crippen molar-refractivity contribution in [3.63, 3.8) is 0 Å².